The first-order valence-electron chi connectivity index (χ1n) is 7.97. The van der Waals surface area contributed by atoms with Gasteiger partial charge >= 0.3 is 0 Å². The largest absolute Gasteiger partial charge is 0.370 e. The van der Waals surface area contributed by atoms with Crippen molar-refractivity contribution in [3.8, 4) is 0 Å². The minimum atomic E-state index is 0. The number of halogens is 1. The fraction of sp³-hybridized carbons (Fsp3) is 0.933. The molecule has 124 valence electrons. The van der Waals surface area contributed by atoms with Crippen LogP contribution in [0.15, 0.2) is 4.99 Å². The summed E-state index contributed by atoms with van der Waals surface area (Å²) in [4.78, 5) is 9.30. The van der Waals surface area contributed by atoms with Gasteiger partial charge in [0.05, 0.1) is 6.54 Å². The van der Waals surface area contributed by atoms with Gasteiger partial charge in [-0.2, -0.15) is 11.8 Å². The highest BCUT2D eigenvalue weighted by Gasteiger charge is 2.25. The Kier molecular flexibility index (Phi) is 9.36. The topological polar surface area (TPSA) is 44.9 Å². The van der Waals surface area contributed by atoms with Crippen LogP contribution in [0.4, 0.5) is 0 Å². The Balaban J connectivity index is 0.00000220. The summed E-state index contributed by atoms with van der Waals surface area (Å²) in [5.41, 5.74) is 6.17. The SMILES string of the molecule is CN(C)C(CN=C(N)N1CCSCC1)C1CCCCC1.I. The summed E-state index contributed by atoms with van der Waals surface area (Å²) in [6, 6.07) is 0.549. The van der Waals surface area contributed by atoms with Crippen molar-refractivity contribution in [2.45, 2.75) is 38.1 Å². The van der Waals surface area contributed by atoms with Gasteiger partial charge in [0.1, 0.15) is 0 Å². The summed E-state index contributed by atoms with van der Waals surface area (Å²) in [6.07, 6.45) is 6.90. The van der Waals surface area contributed by atoms with Gasteiger partial charge in [-0.15, -0.1) is 24.0 Å². The van der Waals surface area contributed by atoms with Crippen LogP contribution >= 0.6 is 35.7 Å². The second kappa shape index (κ2) is 10.2. The molecular weight excluding hydrogens is 395 g/mol. The van der Waals surface area contributed by atoms with E-state index in [1.165, 1.54) is 43.6 Å². The predicted octanol–water partition coefficient (Wildman–Crippen LogP) is 2.48. The summed E-state index contributed by atoms with van der Waals surface area (Å²) in [7, 11) is 4.37. The van der Waals surface area contributed by atoms with Crippen LogP contribution in [0.1, 0.15) is 32.1 Å². The van der Waals surface area contributed by atoms with Gasteiger partial charge in [-0.3, -0.25) is 4.99 Å². The Morgan fingerprint density at radius 3 is 2.43 bits per heavy atom. The van der Waals surface area contributed by atoms with Gasteiger partial charge < -0.3 is 15.5 Å². The normalized spacial score (nSPS) is 23.0. The molecule has 1 heterocycles. The third kappa shape index (κ3) is 6.14. The van der Waals surface area contributed by atoms with Crippen molar-refractivity contribution in [3.05, 3.63) is 0 Å². The molecule has 1 saturated heterocycles. The fourth-order valence-electron chi connectivity index (χ4n) is 3.33. The maximum atomic E-state index is 6.17. The molecule has 4 nitrogen and oxygen atoms in total. The highest BCUT2D eigenvalue weighted by atomic mass is 127. The summed E-state index contributed by atoms with van der Waals surface area (Å²) in [5.74, 6) is 3.91. The van der Waals surface area contributed by atoms with E-state index in [0.29, 0.717) is 6.04 Å². The van der Waals surface area contributed by atoms with Gasteiger partial charge in [-0.05, 0) is 32.9 Å². The van der Waals surface area contributed by atoms with Crippen LogP contribution in [0.3, 0.4) is 0 Å². The third-order valence-corrected chi connectivity index (χ3v) is 5.58. The van der Waals surface area contributed by atoms with Crippen molar-refractivity contribution in [2.75, 3.05) is 45.2 Å². The lowest BCUT2D eigenvalue weighted by molar-refractivity contribution is 0.175. The lowest BCUT2D eigenvalue weighted by Crippen LogP contribution is -2.44. The summed E-state index contributed by atoms with van der Waals surface area (Å²) < 4.78 is 0. The lowest BCUT2D eigenvalue weighted by atomic mass is 9.83. The van der Waals surface area contributed by atoms with Crippen molar-refractivity contribution in [1.29, 1.82) is 0 Å². The molecule has 0 aromatic carbocycles. The number of hydrogen-bond donors (Lipinski definition) is 1. The number of nitrogens with two attached hydrogens (primary N) is 1. The molecular formula is C15H31IN4S. The van der Waals surface area contributed by atoms with E-state index in [0.717, 1.165) is 31.5 Å². The zero-order valence-electron chi connectivity index (χ0n) is 13.5. The molecule has 0 amide bonds. The second-order valence-corrected chi connectivity index (χ2v) is 7.45. The second-order valence-electron chi connectivity index (χ2n) is 6.23. The molecule has 1 aliphatic carbocycles. The summed E-state index contributed by atoms with van der Waals surface area (Å²) in [5, 5.41) is 0. The van der Waals surface area contributed by atoms with Crippen molar-refractivity contribution >= 4 is 41.7 Å². The highest BCUT2D eigenvalue weighted by molar-refractivity contribution is 14.0. The van der Waals surface area contributed by atoms with Gasteiger partial charge in [0.2, 0.25) is 0 Å². The van der Waals surface area contributed by atoms with Gasteiger partial charge in [-0.25, -0.2) is 0 Å². The zero-order chi connectivity index (χ0) is 14.4. The fourth-order valence-corrected chi connectivity index (χ4v) is 4.24. The number of rotatable bonds is 4. The monoisotopic (exact) mass is 426 g/mol. The van der Waals surface area contributed by atoms with Gasteiger partial charge in [0.25, 0.3) is 0 Å². The Labute approximate surface area is 151 Å². The molecule has 2 rings (SSSR count). The van der Waals surface area contributed by atoms with E-state index in [1.54, 1.807) is 0 Å². The maximum absolute atomic E-state index is 6.17. The van der Waals surface area contributed by atoms with Gasteiger partial charge in [-0.1, -0.05) is 19.3 Å². The molecule has 1 unspecified atom stereocenters. The van der Waals surface area contributed by atoms with E-state index >= 15 is 0 Å². The number of guanidine groups is 1. The first kappa shape index (κ1) is 19.4. The molecule has 2 fully saturated rings. The van der Waals surface area contributed by atoms with Crippen molar-refractivity contribution in [1.82, 2.24) is 9.80 Å². The van der Waals surface area contributed by atoms with E-state index in [4.69, 9.17) is 10.7 Å². The number of aliphatic imine (C=N–C) groups is 1. The first-order valence-corrected chi connectivity index (χ1v) is 9.13. The maximum Gasteiger partial charge on any atom is 0.191 e. The number of thioether (sulfide) groups is 1. The molecule has 0 aromatic rings. The van der Waals surface area contributed by atoms with E-state index < -0.39 is 0 Å². The van der Waals surface area contributed by atoms with E-state index in [1.807, 2.05) is 11.8 Å². The molecule has 0 aromatic heterocycles. The number of hydrogen-bond acceptors (Lipinski definition) is 3. The molecule has 1 aliphatic heterocycles. The molecule has 2 N–H and O–H groups in total. The van der Waals surface area contributed by atoms with Crippen molar-refractivity contribution in [2.24, 2.45) is 16.6 Å². The van der Waals surface area contributed by atoms with Crippen LogP contribution in [0.5, 0.6) is 0 Å². The lowest BCUT2D eigenvalue weighted by Gasteiger charge is -2.34. The Morgan fingerprint density at radius 2 is 1.86 bits per heavy atom. The minimum Gasteiger partial charge on any atom is -0.370 e. The Morgan fingerprint density at radius 1 is 1.24 bits per heavy atom. The Bertz CT molecular complexity index is 313. The Hall–Kier alpha value is 0.310. The molecule has 1 atom stereocenters. The molecule has 0 radical (unpaired) electrons. The first-order chi connectivity index (χ1) is 9.68. The molecule has 1 saturated carbocycles. The van der Waals surface area contributed by atoms with Crippen molar-refractivity contribution in [3.63, 3.8) is 0 Å². The molecule has 21 heavy (non-hydrogen) atoms. The summed E-state index contributed by atoms with van der Waals surface area (Å²) >= 11 is 2.01. The van der Waals surface area contributed by atoms with E-state index in [-0.39, 0.29) is 24.0 Å². The molecule has 0 bridgehead atoms. The van der Waals surface area contributed by atoms with Crippen LogP contribution in [-0.4, -0.2) is 67.0 Å². The quantitative estimate of drug-likeness (QED) is 0.426. The smallest absolute Gasteiger partial charge is 0.191 e. The molecule has 0 spiro atoms. The minimum absolute atomic E-state index is 0. The third-order valence-electron chi connectivity index (χ3n) is 4.63. The van der Waals surface area contributed by atoms with Crippen LogP contribution in [-0.2, 0) is 0 Å². The van der Waals surface area contributed by atoms with E-state index in [2.05, 4.69) is 23.9 Å². The van der Waals surface area contributed by atoms with Crippen LogP contribution < -0.4 is 5.73 Å². The standard InChI is InChI=1S/C15H30N4S.HI/c1-18(2)14(13-6-4-3-5-7-13)12-17-15(16)19-8-10-20-11-9-19;/h13-14H,3-12H2,1-2H3,(H2,16,17);1H. The zero-order valence-corrected chi connectivity index (χ0v) is 16.6. The van der Waals surface area contributed by atoms with Crippen LogP contribution in [0.25, 0.3) is 0 Å². The average Bonchev–Trinajstić information content (AvgIpc) is 2.49. The van der Waals surface area contributed by atoms with Crippen LogP contribution in [0, 0.1) is 5.92 Å². The predicted molar refractivity (Wildman–Crippen MR) is 105 cm³/mol. The van der Waals surface area contributed by atoms with Crippen LogP contribution in [0.2, 0.25) is 0 Å². The summed E-state index contributed by atoms with van der Waals surface area (Å²) in [6.45, 7) is 2.96. The van der Waals surface area contributed by atoms with Gasteiger partial charge in [0, 0.05) is 30.6 Å². The van der Waals surface area contributed by atoms with Crippen molar-refractivity contribution < 1.29 is 0 Å². The number of likely N-dealkylation sites (N-methyl/N-ethyl adjacent to an activating group) is 1. The highest BCUT2D eigenvalue weighted by Crippen LogP contribution is 2.28. The molecule has 2 aliphatic rings. The van der Waals surface area contributed by atoms with E-state index in [9.17, 15) is 0 Å². The van der Waals surface area contributed by atoms with Gasteiger partial charge in [0.15, 0.2) is 5.96 Å². The average molecular weight is 426 g/mol. The molecule has 6 heteroatoms. The number of nitrogens with zero attached hydrogens (tertiary/aromatic N) is 3.